The molecule has 1 rings (SSSR count). The van der Waals surface area contributed by atoms with Crippen molar-refractivity contribution in [2.24, 2.45) is 0 Å². The van der Waals surface area contributed by atoms with Crippen LogP contribution in [0.25, 0.3) is 0 Å². The van der Waals surface area contributed by atoms with Crippen molar-refractivity contribution in [2.75, 3.05) is 26.8 Å². The number of methoxy groups -OCH3 is 1. The van der Waals surface area contributed by atoms with E-state index in [-0.39, 0.29) is 11.1 Å². The molecule has 2 atom stereocenters. The summed E-state index contributed by atoms with van der Waals surface area (Å²) in [7, 11) is 1.78. The van der Waals surface area contributed by atoms with Crippen LogP contribution in [0.4, 0.5) is 0 Å². The highest BCUT2D eigenvalue weighted by Crippen LogP contribution is 2.27. The Morgan fingerprint density at radius 1 is 1.38 bits per heavy atom. The minimum absolute atomic E-state index is 0.215. The molecule has 3 heteroatoms. The van der Waals surface area contributed by atoms with Gasteiger partial charge in [0.25, 0.3) is 0 Å². The van der Waals surface area contributed by atoms with Crippen molar-refractivity contribution < 1.29 is 4.74 Å². The van der Waals surface area contributed by atoms with E-state index in [0.717, 1.165) is 19.7 Å². The van der Waals surface area contributed by atoms with Crippen LogP contribution in [0.3, 0.4) is 0 Å². The van der Waals surface area contributed by atoms with Crippen LogP contribution < -0.4 is 5.32 Å². The fourth-order valence-electron chi connectivity index (χ4n) is 2.50. The molecule has 0 radical (unpaired) electrons. The third kappa shape index (κ3) is 2.96. The molecular weight excluding hydrogens is 200 g/mol. The maximum absolute atomic E-state index is 5.29. The molecule has 0 aromatic heterocycles. The summed E-state index contributed by atoms with van der Waals surface area (Å²) in [5.74, 6) is 0. The molecule has 1 aliphatic heterocycles. The van der Waals surface area contributed by atoms with Crippen LogP contribution >= 0.6 is 0 Å². The van der Waals surface area contributed by atoms with Gasteiger partial charge in [0.1, 0.15) is 0 Å². The average molecular weight is 228 g/mol. The van der Waals surface area contributed by atoms with E-state index in [1.165, 1.54) is 6.42 Å². The second-order valence-corrected chi connectivity index (χ2v) is 6.01. The van der Waals surface area contributed by atoms with Gasteiger partial charge in [0.15, 0.2) is 0 Å². The van der Waals surface area contributed by atoms with Crippen LogP contribution in [0.5, 0.6) is 0 Å². The van der Waals surface area contributed by atoms with Crippen LogP contribution in [-0.2, 0) is 4.74 Å². The van der Waals surface area contributed by atoms with Gasteiger partial charge in [0, 0.05) is 37.3 Å². The zero-order valence-electron chi connectivity index (χ0n) is 11.8. The monoisotopic (exact) mass is 228 g/mol. The third-order valence-electron chi connectivity index (χ3n) is 3.96. The number of piperazine rings is 1. The van der Waals surface area contributed by atoms with E-state index in [2.05, 4.69) is 44.8 Å². The van der Waals surface area contributed by atoms with E-state index < -0.39 is 0 Å². The first-order valence-corrected chi connectivity index (χ1v) is 6.35. The summed E-state index contributed by atoms with van der Waals surface area (Å²) >= 11 is 0. The predicted octanol–water partition coefficient (Wildman–Crippen LogP) is 1.87. The summed E-state index contributed by atoms with van der Waals surface area (Å²) in [5, 5.41) is 3.68. The molecule has 0 saturated carbocycles. The molecule has 1 saturated heterocycles. The lowest BCUT2D eigenvalue weighted by Crippen LogP contribution is -2.69. The molecule has 1 N–H and O–H groups in total. The maximum atomic E-state index is 5.29. The van der Waals surface area contributed by atoms with Gasteiger partial charge in [-0.25, -0.2) is 0 Å². The largest absolute Gasteiger partial charge is 0.383 e. The van der Waals surface area contributed by atoms with Crippen molar-refractivity contribution >= 4 is 0 Å². The standard InChI is InChI=1S/C13H28N2O/c1-7-13(5)10-15(11(2)8-16-6)12(3,4)9-14-13/h11,14H,7-10H2,1-6H3. The van der Waals surface area contributed by atoms with Crippen LogP contribution in [-0.4, -0.2) is 48.8 Å². The first kappa shape index (κ1) is 13.9. The molecule has 96 valence electrons. The number of hydrogen-bond acceptors (Lipinski definition) is 3. The second kappa shape index (κ2) is 5.03. The zero-order chi connectivity index (χ0) is 12.4. The highest BCUT2D eigenvalue weighted by atomic mass is 16.5. The van der Waals surface area contributed by atoms with Gasteiger partial charge in [-0.1, -0.05) is 6.92 Å². The molecule has 0 amide bonds. The average Bonchev–Trinajstić information content (AvgIpc) is 2.22. The third-order valence-corrected chi connectivity index (χ3v) is 3.96. The summed E-state index contributed by atoms with van der Waals surface area (Å²) in [6.07, 6.45) is 1.17. The zero-order valence-corrected chi connectivity index (χ0v) is 11.8. The van der Waals surface area contributed by atoms with E-state index in [1.54, 1.807) is 7.11 Å². The Morgan fingerprint density at radius 3 is 2.50 bits per heavy atom. The SMILES string of the molecule is CCC1(C)CN(C(C)COC)C(C)(C)CN1. The van der Waals surface area contributed by atoms with E-state index in [1.807, 2.05) is 0 Å². The van der Waals surface area contributed by atoms with Crippen molar-refractivity contribution in [1.29, 1.82) is 0 Å². The Kier molecular flexibility index (Phi) is 4.38. The Hall–Kier alpha value is -0.120. The molecule has 16 heavy (non-hydrogen) atoms. The van der Waals surface area contributed by atoms with Crippen LogP contribution in [0, 0.1) is 0 Å². The summed E-state index contributed by atoms with van der Waals surface area (Å²) in [4.78, 5) is 2.58. The Balaban J connectivity index is 2.76. The maximum Gasteiger partial charge on any atom is 0.0615 e. The highest BCUT2D eigenvalue weighted by molar-refractivity contribution is 5.00. The van der Waals surface area contributed by atoms with Crippen molar-refractivity contribution in [2.45, 2.75) is 58.2 Å². The molecule has 0 spiro atoms. The van der Waals surface area contributed by atoms with Gasteiger partial charge in [-0.15, -0.1) is 0 Å². The van der Waals surface area contributed by atoms with Gasteiger partial charge in [0.05, 0.1) is 6.61 Å². The van der Waals surface area contributed by atoms with E-state index in [0.29, 0.717) is 6.04 Å². The molecule has 0 aromatic carbocycles. The first-order valence-electron chi connectivity index (χ1n) is 6.35. The molecule has 1 fully saturated rings. The van der Waals surface area contributed by atoms with E-state index in [4.69, 9.17) is 4.74 Å². The number of ether oxygens (including phenoxy) is 1. The summed E-state index contributed by atoms with van der Waals surface area (Å²) < 4.78 is 5.29. The quantitative estimate of drug-likeness (QED) is 0.795. The van der Waals surface area contributed by atoms with Gasteiger partial charge in [-0.2, -0.15) is 0 Å². The van der Waals surface area contributed by atoms with Crippen molar-refractivity contribution in [3.05, 3.63) is 0 Å². The fourth-order valence-corrected chi connectivity index (χ4v) is 2.50. The number of rotatable bonds is 4. The number of hydrogen-bond donors (Lipinski definition) is 1. The molecule has 0 bridgehead atoms. The first-order chi connectivity index (χ1) is 7.34. The fraction of sp³-hybridized carbons (Fsp3) is 1.00. The molecule has 3 nitrogen and oxygen atoms in total. The summed E-state index contributed by atoms with van der Waals surface area (Å²) in [5.41, 5.74) is 0.462. The van der Waals surface area contributed by atoms with Gasteiger partial charge in [-0.3, -0.25) is 4.90 Å². The van der Waals surface area contributed by atoms with E-state index >= 15 is 0 Å². The molecular formula is C13H28N2O. The lowest BCUT2D eigenvalue weighted by atomic mass is 9.87. The Bertz CT molecular complexity index is 230. The van der Waals surface area contributed by atoms with Crippen molar-refractivity contribution in [3.63, 3.8) is 0 Å². The smallest absolute Gasteiger partial charge is 0.0615 e. The van der Waals surface area contributed by atoms with Gasteiger partial charge in [-0.05, 0) is 34.1 Å². The summed E-state index contributed by atoms with van der Waals surface area (Å²) in [6, 6.07) is 0.480. The van der Waals surface area contributed by atoms with E-state index in [9.17, 15) is 0 Å². The summed E-state index contributed by atoms with van der Waals surface area (Å²) in [6.45, 7) is 14.4. The lowest BCUT2D eigenvalue weighted by Gasteiger charge is -2.53. The van der Waals surface area contributed by atoms with Gasteiger partial charge >= 0.3 is 0 Å². The minimum atomic E-state index is 0.215. The van der Waals surface area contributed by atoms with Crippen molar-refractivity contribution in [3.8, 4) is 0 Å². The van der Waals surface area contributed by atoms with Crippen LogP contribution in [0.2, 0.25) is 0 Å². The topological polar surface area (TPSA) is 24.5 Å². The number of nitrogens with one attached hydrogen (secondary N) is 1. The second-order valence-electron chi connectivity index (χ2n) is 6.01. The molecule has 1 heterocycles. The molecule has 0 aliphatic carbocycles. The van der Waals surface area contributed by atoms with Crippen LogP contribution in [0.1, 0.15) is 41.0 Å². The normalized spacial score (nSPS) is 32.6. The Morgan fingerprint density at radius 2 is 2.00 bits per heavy atom. The number of nitrogens with zero attached hydrogens (tertiary/aromatic N) is 1. The van der Waals surface area contributed by atoms with Crippen molar-refractivity contribution in [1.82, 2.24) is 10.2 Å². The highest BCUT2D eigenvalue weighted by Gasteiger charge is 2.40. The van der Waals surface area contributed by atoms with Gasteiger partial charge in [0.2, 0.25) is 0 Å². The predicted molar refractivity (Wildman–Crippen MR) is 68.8 cm³/mol. The lowest BCUT2D eigenvalue weighted by molar-refractivity contribution is -0.0221. The minimum Gasteiger partial charge on any atom is -0.383 e. The molecule has 1 aliphatic rings. The van der Waals surface area contributed by atoms with Gasteiger partial charge < -0.3 is 10.1 Å². The molecule has 0 aromatic rings. The van der Waals surface area contributed by atoms with Crippen LogP contribution in [0.15, 0.2) is 0 Å². The Labute approximate surface area is 101 Å². The molecule has 2 unspecified atom stereocenters.